The smallest absolute Gasteiger partial charge is 0.122 e. The molecule has 2 nitrogen and oxygen atoms in total. The fourth-order valence-corrected chi connectivity index (χ4v) is 2.65. The van der Waals surface area contributed by atoms with Crippen LogP contribution in [0, 0.1) is 0 Å². The fraction of sp³-hybridized carbons (Fsp3) is 0.294. The van der Waals surface area contributed by atoms with Gasteiger partial charge in [0, 0.05) is 10.9 Å². The highest BCUT2D eigenvalue weighted by atomic mass is 79.9. The van der Waals surface area contributed by atoms with E-state index in [0.29, 0.717) is 6.42 Å². The lowest BCUT2D eigenvalue weighted by atomic mass is 10.0. The monoisotopic (exact) mass is 334 g/mol. The largest absolute Gasteiger partial charge is 0.496 e. The molecule has 3 heteroatoms. The van der Waals surface area contributed by atoms with Crippen LogP contribution in [0.25, 0.3) is 0 Å². The van der Waals surface area contributed by atoms with E-state index < -0.39 is 0 Å². The van der Waals surface area contributed by atoms with Crippen molar-refractivity contribution in [2.75, 3.05) is 7.11 Å². The molecule has 1 N–H and O–H groups in total. The van der Waals surface area contributed by atoms with Crippen LogP contribution in [0.5, 0.6) is 5.75 Å². The van der Waals surface area contributed by atoms with Gasteiger partial charge in [-0.25, -0.2) is 0 Å². The van der Waals surface area contributed by atoms with Crippen LogP contribution in [0.15, 0.2) is 53.0 Å². The molecule has 106 valence electrons. The minimum atomic E-state index is -0.363. The number of rotatable bonds is 6. The normalized spacial score (nSPS) is 12.2. The van der Waals surface area contributed by atoms with Gasteiger partial charge in [0.15, 0.2) is 0 Å². The Labute approximate surface area is 128 Å². The van der Waals surface area contributed by atoms with Gasteiger partial charge in [-0.3, -0.25) is 0 Å². The zero-order valence-corrected chi connectivity index (χ0v) is 13.1. The van der Waals surface area contributed by atoms with E-state index in [9.17, 15) is 5.11 Å². The molecule has 1 unspecified atom stereocenters. The number of halogens is 1. The maximum Gasteiger partial charge on any atom is 0.122 e. The molecule has 0 saturated carbocycles. The summed E-state index contributed by atoms with van der Waals surface area (Å²) in [6.07, 6.45) is 1.88. The Kier molecular flexibility index (Phi) is 5.62. The number of hydrogen-bond acceptors (Lipinski definition) is 2. The maximum atomic E-state index is 10.2. The third-order valence-electron chi connectivity index (χ3n) is 3.31. The van der Waals surface area contributed by atoms with E-state index in [0.717, 1.165) is 28.6 Å². The van der Waals surface area contributed by atoms with E-state index in [1.54, 1.807) is 7.11 Å². The van der Waals surface area contributed by atoms with Crippen molar-refractivity contribution in [3.63, 3.8) is 0 Å². The highest BCUT2D eigenvalue weighted by Gasteiger charge is 2.10. The fourth-order valence-electron chi connectivity index (χ4n) is 2.24. The van der Waals surface area contributed by atoms with Crippen LogP contribution in [0.3, 0.4) is 0 Å². The minimum Gasteiger partial charge on any atom is -0.496 e. The first-order chi connectivity index (χ1) is 9.69. The molecule has 1 atom stereocenters. The zero-order valence-electron chi connectivity index (χ0n) is 11.6. The second-order valence-corrected chi connectivity index (χ2v) is 5.75. The van der Waals surface area contributed by atoms with Crippen LogP contribution in [0.1, 0.15) is 17.5 Å². The molecule has 0 heterocycles. The molecule has 0 fully saturated rings. The molecule has 0 aromatic heterocycles. The Hall–Kier alpha value is -1.32. The first-order valence-electron chi connectivity index (χ1n) is 6.73. The summed E-state index contributed by atoms with van der Waals surface area (Å²) in [5, 5.41) is 10.2. The van der Waals surface area contributed by atoms with Crippen LogP contribution < -0.4 is 4.74 Å². The lowest BCUT2D eigenvalue weighted by molar-refractivity contribution is 0.164. The molecule has 0 aliphatic carbocycles. The van der Waals surface area contributed by atoms with Crippen molar-refractivity contribution in [3.8, 4) is 5.75 Å². The highest BCUT2D eigenvalue weighted by Crippen LogP contribution is 2.25. The Morgan fingerprint density at radius 2 is 1.90 bits per heavy atom. The number of aliphatic hydroxyl groups is 1. The molecule has 0 bridgehead atoms. The van der Waals surface area contributed by atoms with Crippen molar-refractivity contribution in [2.45, 2.75) is 25.4 Å². The lowest BCUT2D eigenvalue weighted by Gasteiger charge is -2.14. The number of benzene rings is 2. The van der Waals surface area contributed by atoms with Crippen molar-refractivity contribution in [1.29, 1.82) is 0 Å². The average Bonchev–Trinajstić information content (AvgIpc) is 2.46. The van der Waals surface area contributed by atoms with E-state index in [4.69, 9.17) is 4.74 Å². The summed E-state index contributed by atoms with van der Waals surface area (Å²) in [6.45, 7) is 0. The molecular weight excluding hydrogens is 316 g/mol. The second-order valence-electron chi connectivity index (χ2n) is 4.84. The molecule has 20 heavy (non-hydrogen) atoms. The van der Waals surface area contributed by atoms with Gasteiger partial charge in [-0.15, -0.1) is 0 Å². The van der Waals surface area contributed by atoms with Gasteiger partial charge in [0.25, 0.3) is 0 Å². The van der Waals surface area contributed by atoms with E-state index in [-0.39, 0.29) is 6.10 Å². The van der Waals surface area contributed by atoms with E-state index in [2.05, 4.69) is 28.1 Å². The highest BCUT2D eigenvalue weighted by molar-refractivity contribution is 9.10. The third kappa shape index (κ3) is 4.36. The van der Waals surface area contributed by atoms with E-state index >= 15 is 0 Å². The quantitative estimate of drug-likeness (QED) is 0.865. The van der Waals surface area contributed by atoms with Crippen molar-refractivity contribution < 1.29 is 9.84 Å². The molecular formula is C17H19BrO2. The lowest BCUT2D eigenvalue weighted by Crippen LogP contribution is -2.12. The number of methoxy groups -OCH3 is 1. The molecule has 2 rings (SSSR count). The average molecular weight is 335 g/mol. The van der Waals surface area contributed by atoms with Crippen LogP contribution in [0.2, 0.25) is 0 Å². The Bertz CT molecular complexity index is 540. The molecule has 0 amide bonds. The first-order valence-corrected chi connectivity index (χ1v) is 7.52. The third-order valence-corrected chi connectivity index (χ3v) is 3.80. The second kappa shape index (κ2) is 7.46. The van der Waals surface area contributed by atoms with Crippen molar-refractivity contribution in [1.82, 2.24) is 0 Å². The van der Waals surface area contributed by atoms with Crippen LogP contribution in [-0.2, 0) is 12.8 Å². The van der Waals surface area contributed by atoms with Gasteiger partial charge in [-0.05, 0) is 42.2 Å². The van der Waals surface area contributed by atoms with E-state index in [1.165, 1.54) is 5.56 Å². The number of aliphatic hydroxyl groups excluding tert-OH is 1. The Morgan fingerprint density at radius 3 is 2.60 bits per heavy atom. The van der Waals surface area contributed by atoms with Crippen molar-refractivity contribution in [2.24, 2.45) is 0 Å². The first kappa shape index (κ1) is 15.1. The molecule has 2 aromatic rings. The molecule has 0 spiro atoms. The molecule has 0 radical (unpaired) electrons. The molecule has 0 saturated heterocycles. The minimum absolute atomic E-state index is 0.363. The summed E-state index contributed by atoms with van der Waals surface area (Å²) in [5.41, 5.74) is 2.29. The van der Waals surface area contributed by atoms with Crippen molar-refractivity contribution >= 4 is 15.9 Å². The summed E-state index contributed by atoms with van der Waals surface area (Å²) in [7, 11) is 1.66. The Morgan fingerprint density at radius 1 is 1.15 bits per heavy atom. The van der Waals surface area contributed by atoms with Gasteiger partial charge in [0.2, 0.25) is 0 Å². The van der Waals surface area contributed by atoms with Gasteiger partial charge < -0.3 is 9.84 Å². The maximum absolute atomic E-state index is 10.2. The summed E-state index contributed by atoms with van der Waals surface area (Å²) in [5.74, 6) is 0.826. The predicted octanol–water partition coefficient (Wildman–Crippen LogP) is 3.99. The number of hydrogen-bond donors (Lipinski definition) is 1. The molecule has 0 aliphatic rings. The summed E-state index contributed by atoms with van der Waals surface area (Å²) in [4.78, 5) is 0. The van der Waals surface area contributed by atoms with Gasteiger partial charge in [-0.2, -0.15) is 0 Å². The predicted molar refractivity (Wildman–Crippen MR) is 85.2 cm³/mol. The summed E-state index contributed by atoms with van der Waals surface area (Å²) < 4.78 is 6.34. The van der Waals surface area contributed by atoms with Gasteiger partial charge >= 0.3 is 0 Å². The molecule has 0 aliphatic heterocycles. The van der Waals surface area contributed by atoms with Gasteiger partial charge in [0.05, 0.1) is 13.2 Å². The summed E-state index contributed by atoms with van der Waals surface area (Å²) in [6, 6.07) is 16.1. The zero-order chi connectivity index (χ0) is 14.4. The van der Waals surface area contributed by atoms with Crippen LogP contribution in [0.4, 0.5) is 0 Å². The SMILES string of the molecule is COc1ccc(Br)cc1CC(O)CCc1ccccc1. The van der Waals surface area contributed by atoms with Crippen LogP contribution >= 0.6 is 15.9 Å². The van der Waals surface area contributed by atoms with Gasteiger partial charge in [-0.1, -0.05) is 46.3 Å². The standard InChI is InChI=1S/C17H19BrO2/c1-20-17-10-8-15(18)11-14(17)12-16(19)9-7-13-5-3-2-4-6-13/h2-6,8,10-11,16,19H,7,9,12H2,1H3. The topological polar surface area (TPSA) is 29.5 Å². The van der Waals surface area contributed by atoms with Gasteiger partial charge in [0.1, 0.15) is 5.75 Å². The molecule has 2 aromatic carbocycles. The summed E-state index contributed by atoms with van der Waals surface area (Å²) >= 11 is 3.45. The number of aryl methyl sites for hydroxylation is 1. The van der Waals surface area contributed by atoms with Crippen LogP contribution in [-0.4, -0.2) is 18.3 Å². The van der Waals surface area contributed by atoms with E-state index in [1.807, 2.05) is 36.4 Å². The van der Waals surface area contributed by atoms with Crippen molar-refractivity contribution in [3.05, 3.63) is 64.1 Å². The Balaban J connectivity index is 1.94. The number of ether oxygens (including phenoxy) is 1.